The topological polar surface area (TPSA) is 125 Å². The molecular formula is C31H35F6N5O6. The molecule has 1 aromatic heterocycles. The molecule has 2 aliphatic heterocycles. The zero-order valence-electron chi connectivity index (χ0n) is 26.0. The molecule has 48 heavy (non-hydrogen) atoms. The number of halogens is 6. The van der Waals surface area contributed by atoms with Crippen molar-refractivity contribution >= 4 is 29.8 Å². The van der Waals surface area contributed by atoms with Crippen LogP contribution in [-0.2, 0) is 33.2 Å². The number of benzene rings is 1. The van der Waals surface area contributed by atoms with Crippen molar-refractivity contribution in [2.24, 2.45) is 5.92 Å². The Hall–Kier alpha value is -4.31. The van der Waals surface area contributed by atoms with Gasteiger partial charge in [0.1, 0.15) is 12.7 Å². The van der Waals surface area contributed by atoms with E-state index in [9.17, 15) is 45.8 Å². The highest BCUT2D eigenvalue weighted by molar-refractivity contribution is 5.88. The van der Waals surface area contributed by atoms with E-state index in [1.54, 1.807) is 4.90 Å². The Labute approximate surface area is 271 Å². The third kappa shape index (κ3) is 8.03. The molecule has 3 fully saturated rings. The lowest BCUT2D eigenvalue weighted by atomic mass is 9.87. The van der Waals surface area contributed by atoms with E-state index in [4.69, 9.17) is 9.47 Å². The first-order valence-corrected chi connectivity index (χ1v) is 15.7. The van der Waals surface area contributed by atoms with E-state index in [1.807, 2.05) is 6.92 Å². The number of carboxylic acids is 1. The second-order valence-corrected chi connectivity index (χ2v) is 12.2. The molecule has 1 N–H and O–H groups in total. The van der Waals surface area contributed by atoms with E-state index >= 15 is 0 Å². The zero-order valence-corrected chi connectivity index (χ0v) is 26.0. The molecule has 5 rings (SSSR count). The van der Waals surface area contributed by atoms with Gasteiger partial charge in [-0.15, -0.1) is 0 Å². The number of cyclic esters (lactones) is 1. The number of amides is 2. The standard InChI is InChI=1S/C31H35F6N5O6/c1-2-22-14-23(7-8-40(22)29(46)48-25-5-3-19(4-6-25)26(43)44)42(27-38-15-24(16-39-27)41-9-10-47-28(41)45)17-18-11-20(30(32,33)34)13-21(12-18)31(35,36)37/h11-13,15-16,19,22-23,25H,2-10,14,17H2,1H3,(H,43,44)/t19-,22-,23-,25-/m1/s1. The van der Waals surface area contributed by atoms with Crippen molar-refractivity contribution in [1.82, 2.24) is 14.9 Å². The van der Waals surface area contributed by atoms with Crippen molar-refractivity contribution in [3.8, 4) is 0 Å². The second kappa shape index (κ2) is 14.0. The molecule has 0 bridgehead atoms. The van der Waals surface area contributed by atoms with Crippen molar-refractivity contribution < 1.29 is 55.3 Å². The van der Waals surface area contributed by atoms with E-state index in [-0.39, 0.29) is 56.2 Å². The smallest absolute Gasteiger partial charge is 0.416 e. The molecule has 1 saturated carbocycles. The molecule has 1 aromatic carbocycles. The van der Waals surface area contributed by atoms with Gasteiger partial charge in [-0.25, -0.2) is 19.6 Å². The Morgan fingerprint density at radius 1 is 0.979 bits per heavy atom. The van der Waals surface area contributed by atoms with Gasteiger partial charge in [0.05, 0.1) is 41.7 Å². The van der Waals surface area contributed by atoms with Crippen molar-refractivity contribution in [2.75, 3.05) is 29.5 Å². The van der Waals surface area contributed by atoms with Crippen LogP contribution in [0.3, 0.4) is 0 Å². The van der Waals surface area contributed by atoms with E-state index in [1.165, 1.54) is 22.2 Å². The molecule has 11 nitrogen and oxygen atoms in total. The first-order valence-electron chi connectivity index (χ1n) is 15.7. The van der Waals surface area contributed by atoms with E-state index in [0.29, 0.717) is 49.9 Å². The van der Waals surface area contributed by atoms with Gasteiger partial charge in [-0.1, -0.05) is 6.92 Å². The molecule has 0 spiro atoms. The van der Waals surface area contributed by atoms with Gasteiger partial charge in [-0.3, -0.25) is 9.69 Å². The molecule has 3 heterocycles. The molecule has 0 unspecified atom stereocenters. The summed E-state index contributed by atoms with van der Waals surface area (Å²) in [4.78, 5) is 49.6. The Balaban J connectivity index is 1.39. The highest BCUT2D eigenvalue weighted by Crippen LogP contribution is 2.38. The number of nitrogens with zero attached hydrogens (tertiary/aromatic N) is 5. The maximum atomic E-state index is 13.7. The molecule has 3 aliphatic rings. The maximum Gasteiger partial charge on any atom is 0.416 e. The summed E-state index contributed by atoms with van der Waals surface area (Å²) < 4.78 is 92.8. The fourth-order valence-electron chi connectivity index (χ4n) is 6.48. The van der Waals surface area contributed by atoms with Gasteiger partial charge >= 0.3 is 30.5 Å². The zero-order chi connectivity index (χ0) is 34.8. The predicted octanol–water partition coefficient (Wildman–Crippen LogP) is 6.50. The van der Waals surface area contributed by atoms with Crippen LogP contribution in [0.4, 0.5) is 47.6 Å². The van der Waals surface area contributed by atoms with Crippen molar-refractivity contribution in [1.29, 1.82) is 0 Å². The Bertz CT molecular complexity index is 1450. The summed E-state index contributed by atoms with van der Waals surface area (Å²) in [5.74, 6) is -1.34. The van der Waals surface area contributed by atoms with Crippen molar-refractivity contribution in [2.45, 2.75) is 89.0 Å². The lowest BCUT2D eigenvalue weighted by Crippen LogP contribution is -2.52. The maximum absolute atomic E-state index is 13.7. The number of likely N-dealkylation sites (tertiary alicyclic amines) is 1. The van der Waals surface area contributed by atoms with E-state index in [2.05, 4.69) is 9.97 Å². The molecule has 2 aromatic rings. The van der Waals surface area contributed by atoms with E-state index in [0.717, 1.165) is 0 Å². The summed E-state index contributed by atoms with van der Waals surface area (Å²) in [6, 6.07) is 0.510. The summed E-state index contributed by atoms with van der Waals surface area (Å²) in [6.07, 6.45) is -6.34. The predicted molar refractivity (Wildman–Crippen MR) is 157 cm³/mol. The van der Waals surface area contributed by atoms with Crippen LogP contribution in [0.25, 0.3) is 0 Å². The molecule has 0 radical (unpaired) electrons. The van der Waals surface area contributed by atoms with Gasteiger partial charge in [0, 0.05) is 25.2 Å². The van der Waals surface area contributed by atoms with Gasteiger partial charge in [-0.05, 0) is 68.7 Å². The highest BCUT2D eigenvalue weighted by Gasteiger charge is 2.39. The van der Waals surface area contributed by atoms with Crippen LogP contribution in [0.15, 0.2) is 30.6 Å². The van der Waals surface area contributed by atoms with Crippen LogP contribution in [0.5, 0.6) is 0 Å². The molecule has 2 saturated heterocycles. The molecule has 1 aliphatic carbocycles. The number of hydrogen-bond donors (Lipinski definition) is 1. The monoisotopic (exact) mass is 687 g/mol. The molecule has 2 amide bonds. The largest absolute Gasteiger partial charge is 0.481 e. The van der Waals surface area contributed by atoms with Crippen LogP contribution in [0.2, 0.25) is 0 Å². The summed E-state index contributed by atoms with van der Waals surface area (Å²) in [6.45, 7) is 2.03. The lowest BCUT2D eigenvalue weighted by Gasteiger charge is -2.43. The van der Waals surface area contributed by atoms with Gasteiger partial charge < -0.3 is 24.4 Å². The minimum absolute atomic E-state index is 0.0170. The Kier molecular flexibility index (Phi) is 10.2. The fraction of sp³-hybridized carbons (Fsp3) is 0.581. The third-order valence-electron chi connectivity index (χ3n) is 9.08. The molecular weight excluding hydrogens is 652 g/mol. The minimum Gasteiger partial charge on any atom is -0.481 e. The van der Waals surface area contributed by atoms with Gasteiger partial charge in [0.2, 0.25) is 5.95 Å². The number of carboxylic acid groups (broad SMARTS) is 1. The Morgan fingerprint density at radius 3 is 2.12 bits per heavy atom. The summed E-state index contributed by atoms with van der Waals surface area (Å²) in [5, 5.41) is 9.24. The summed E-state index contributed by atoms with van der Waals surface area (Å²) in [7, 11) is 0. The SMILES string of the molecule is CC[C@@H]1C[C@H](N(Cc2cc(C(F)(F)F)cc(C(F)(F)F)c2)c2ncc(N3CCOC3=O)cn2)CCN1C(=O)O[C@H]1CC[C@H](C(=O)O)CC1. The molecule has 2 atom stereocenters. The number of carbonyl (C=O) groups is 3. The highest BCUT2D eigenvalue weighted by atomic mass is 19.4. The van der Waals surface area contributed by atoms with Gasteiger partial charge in [0.25, 0.3) is 0 Å². The summed E-state index contributed by atoms with van der Waals surface area (Å²) in [5.41, 5.74) is -2.85. The number of ether oxygens (including phenoxy) is 2. The number of aliphatic carboxylic acids is 1. The number of anilines is 2. The van der Waals surface area contributed by atoms with Crippen LogP contribution in [-0.4, -0.2) is 76.0 Å². The van der Waals surface area contributed by atoms with Gasteiger partial charge in [-0.2, -0.15) is 26.3 Å². The van der Waals surface area contributed by atoms with Crippen LogP contribution in [0.1, 0.15) is 68.6 Å². The number of alkyl halides is 6. The first kappa shape index (κ1) is 35.0. The fourth-order valence-corrected chi connectivity index (χ4v) is 6.48. The number of carbonyl (C=O) groups excluding carboxylic acids is 2. The van der Waals surface area contributed by atoms with Crippen LogP contribution >= 0.6 is 0 Å². The number of piperidine rings is 1. The van der Waals surface area contributed by atoms with Crippen molar-refractivity contribution in [3.63, 3.8) is 0 Å². The lowest BCUT2D eigenvalue weighted by molar-refractivity contribution is -0.144. The van der Waals surface area contributed by atoms with Crippen LogP contribution in [0, 0.1) is 5.92 Å². The normalized spacial score (nSPS) is 23.5. The average molecular weight is 688 g/mol. The summed E-state index contributed by atoms with van der Waals surface area (Å²) >= 11 is 0. The third-order valence-corrected chi connectivity index (χ3v) is 9.08. The Morgan fingerprint density at radius 2 is 1.60 bits per heavy atom. The number of aromatic nitrogens is 2. The average Bonchev–Trinajstić information content (AvgIpc) is 3.48. The molecule has 17 heteroatoms. The van der Waals surface area contributed by atoms with Crippen molar-refractivity contribution in [3.05, 3.63) is 47.3 Å². The van der Waals surface area contributed by atoms with E-state index < -0.39 is 66.2 Å². The second-order valence-electron chi connectivity index (χ2n) is 12.2. The quantitative estimate of drug-likeness (QED) is 0.310. The molecule has 262 valence electrons. The first-order chi connectivity index (χ1) is 22.6. The number of hydrogen-bond acceptors (Lipinski definition) is 8. The van der Waals surface area contributed by atoms with Crippen LogP contribution < -0.4 is 9.80 Å². The minimum atomic E-state index is -5.03. The number of rotatable bonds is 8. The van der Waals surface area contributed by atoms with Gasteiger partial charge in [0.15, 0.2) is 0 Å².